The van der Waals surface area contributed by atoms with Gasteiger partial charge < -0.3 is 4.57 Å². The number of nitrogens with zero attached hydrogens (tertiary/aromatic N) is 5. The molecule has 0 unspecified atom stereocenters. The second-order valence-corrected chi connectivity index (χ2v) is 9.58. The minimum atomic E-state index is 0.0122. The van der Waals surface area contributed by atoms with Crippen LogP contribution in [0.4, 0.5) is 0 Å². The maximum absolute atomic E-state index is 14.1. The van der Waals surface area contributed by atoms with E-state index in [1.165, 1.54) is 6.42 Å². The lowest BCUT2D eigenvalue weighted by molar-refractivity contribution is 0.337. The first-order valence-corrected chi connectivity index (χ1v) is 12.5. The molecule has 0 spiro atoms. The Balaban J connectivity index is 1.68. The van der Waals surface area contributed by atoms with E-state index in [0.717, 1.165) is 48.1 Å². The standard InChI is InChI=1S/C27H26ClN5O/c1-2-22-31-25-23(27(34)33(22)19-8-4-3-5-9-19)24-26(30-21-11-7-6-10-20(21)29-24)32(25)16-17-12-14-18(28)15-13-17/h6-7,10-15,19H,2-5,8-9,16H2,1H3. The second kappa shape index (κ2) is 8.51. The lowest BCUT2D eigenvalue weighted by atomic mass is 9.95. The van der Waals surface area contributed by atoms with Gasteiger partial charge in [0.15, 0.2) is 11.3 Å². The molecule has 172 valence electrons. The molecule has 3 aromatic heterocycles. The summed E-state index contributed by atoms with van der Waals surface area (Å²) >= 11 is 6.11. The van der Waals surface area contributed by atoms with E-state index >= 15 is 0 Å². The molecule has 0 atom stereocenters. The summed E-state index contributed by atoms with van der Waals surface area (Å²) in [6.45, 7) is 2.61. The molecule has 1 fully saturated rings. The van der Waals surface area contributed by atoms with Crippen LogP contribution in [0, 0.1) is 0 Å². The van der Waals surface area contributed by atoms with Crippen molar-refractivity contribution in [1.29, 1.82) is 0 Å². The van der Waals surface area contributed by atoms with E-state index in [1.807, 2.05) is 57.7 Å². The highest BCUT2D eigenvalue weighted by Crippen LogP contribution is 2.31. The van der Waals surface area contributed by atoms with Gasteiger partial charge in [-0.3, -0.25) is 9.36 Å². The van der Waals surface area contributed by atoms with Gasteiger partial charge in [-0.15, -0.1) is 0 Å². The zero-order chi connectivity index (χ0) is 23.2. The molecule has 6 nitrogen and oxygen atoms in total. The molecule has 2 aromatic carbocycles. The van der Waals surface area contributed by atoms with Crippen LogP contribution in [0.5, 0.6) is 0 Å². The highest BCUT2D eigenvalue weighted by atomic mass is 35.5. The van der Waals surface area contributed by atoms with Gasteiger partial charge in [-0.2, -0.15) is 0 Å². The summed E-state index contributed by atoms with van der Waals surface area (Å²) in [6, 6.07) is 15.8. The van der Waals surface area contributed by atoms with Gasteiger partial charge in [-0.1, -0.05) is 62.1 Å². The molecule has 3 heterocycles. The van der Waals surface area contributed by atoms with Gasteiger partial charge in [0.1, 0.15) is 16.7 Å². The van der Waals surface area contributed by atoms with Crippen molar-refractivity contribution < 1.29 is 0 Å². The highest BCUT2D eigenvalue weighted by molar-refractivity contribution is 6.30. The molecule has 0 aliphatic heterocycles. The van der Waals surface area contributed by atoms with Crippen molar-refractivity contribution >= 4 is 44.8 Å². The van der Waals surface area contributed by atoms with Crippen LogP contribution in [0.15, 0.2) is 53.3 Å². The Hall–Kier alpha value is -3.25. The number of fused-ring (bicyclic) bond motifs is 4. The van der Waals surface area contributed by atoms with E-state index in [1.54, 1.807) is 0 Å². The fourth-order valence-electron chi connectivity index (χ4n) is 5.30. The predicted molar refractivity (Wildman–Crippen MR) is 137 cm³/mol. The molecule has 1 aliphatic rings. The number of hydrogen-bond donors (Lipinski definition) is 0. The average Bonchev–Trinajstić information content (AvgIpc) is 3.16. The molecule has 1 saturated carbocycles. The molecular formula is C27H26ClN5O. The quantitative estimate of drug-likeness (QED) is 0.319. The Morgan fingerprint density at radius 1 is 0.912 bits per heavy atom. The van der Waals surface area contributed by atoms with Crippen LogP contribution in [0.1, 0.15) is 56.5 Å². The first kappa shape index (κ1) is 21.3. The van der Waals surface area contributed by atoms with E-state index in [9.17, 15) is 4.79 Å². The van der Waals surface area contributed by atoms with E-state index in [0.29, 0.717) is 40.2 Å². The van der Waals surface area contributed by atoms with Crippen LogP contribution in [0.3, 0.4) is 0 Å². The van der Waals surface area contributed by atoms with E-state index in [4.69, 9.17) is 26.6 Å². The molecule has 0 saturated heterocycles. The lowest BCUT2D eigenvalue weighted by Crippen LogP contribution is -2.30. The third-order valence-electron chi connectivity index (χ3n) is 6.98. The van der Waals surface area contributed by atoms with Crippen molar-refractivity contribution in [2.75, 3.05) is 0 Å². The number of aromatic nitrogens is 5. The summed E-state index contributed by atoms with van der Waals surface area (Å²) in [5, 5.41) is 1.27. The van der Waals surface area contributed by atoms with E-state index < -0.39 is 0 Å². The van der Waals surface area contributed by atoms with Crippen molar-refractivity contribution in [2.24, 2.45) is 0 Å². The van der Waals surface area contributed by atoms with Crippen LogP contribution in [0.2, 0.25) is 5.02 Å². The Morgan fingerprint density at radius 2 is 1.62 bits per heavy atom. The first-order valence-electron chi connectivity index (χ1n) is 12.1. The minimum Gasteiger partial charge on any atom is -0.304 e. The van der Waals surface area contributed by atoms with E-state index in [-0.39, 0.29) is 11.6 Å². The SMILES string of the molecule is CCc1nc2c(c(=O)n1C1CCCCC1)c1nc3ccccc3nc1n2Cc1ccc(Cl)cc1. The summed E-state index contributed by atoms with van der Waals surface area (Å²) in [5.41, 5.74) is 4.65. The first-order chi connectivity index (χ1) is 16.6. The number of benzene rings is 2. The van der Waals surface area contributed by atoms with E-state index in [2.05, 4.69) is 6.92 Å². The molecule has 0 amide bonds. The monoisotopic (exact) mass is 471 g/mol. The number of aryl methyl sites for hydroxylation is 1. The predicted octanol–water partition coefficient (Wildman–Crippen LogP) is 6.06. The smallest absolute Gasteiger partial charge is 0.265 e. The van der Waals surface area contributed by atoms with Crippen LogP contribution >= 0.6 is 11.6 Å². The second-order valence-electron chi connectivity index (χ2n) is 9.14. The third kappa shape index (κ3) is 3.48. The topological polar surface area (TPSA) is 65.6 Å². The summed E-state index contributed by atoms with van der Waals surface area (Å²) < 4.78 is 4.00. The van der Waals surface area contributed by atoms with Gasteiger partial charge in [0.2, 0.25) is 0 Å². The summed E-state index contributed by atoms with van der Waals surface area (Å²) in [5.74, 6) is 0.842. The average molecular weight is 472 g/mol. The van der Waals surface area contributed by atoms with Crippen molar-refractivity contribution in [1.82, 2.24) is 24.1 Å². The maximum atomic E-state index is 14.1. The molecule has 1 aliphatic carbocycles. The normalized spacial score (nSPS) is 15.0. The third-order valence-corrected chi connectivity index (χ3v) is 7.23. The molecule has 5 aromatic rings. The Labute approximate surface area is 202 Å². The van der Waals surface area contributed by atoms with Gasteiger partial charge in [0.05, 0.1) is 17.6 Å². The van der Waals surface area contributed by atoms with Crippen molar-refractivity contribution in [2.45, 2.75) is 58.0 Å². The zero-order valence-electron chi connectivity index (χ0n) is 19.2. The van der Waals surface area contributed by atoms with Gasteiger partial charge in [0.25, 0.3) is 5.56 Å². The van der Waals surface area contributed by atoms with Gasteiger partial charge >= 0.3 is 0 Å². The van der Waals surface area contributed by atoms with Gasteiger partial charge in [0, 0.05) is 17.5 Å². The van der Waals surface area contributed by atoms with Crippen molar-refractivity contribution in [3.63, 3.8) is 0 Å². The lowest BCUT2D eigenvalue weighted by Gasteiger charge is -2.26. The van der Waals surface area contributed by atoms with Crippen molar-refractivity contribution in [3.8, 4) is 0 Å². The van der Waals surface area contributed by atoms with Crippen LogP contribution in [-0.4, -0.2) is 24.1 Å². The van der Waals surface area contributed by atoms with Crippen LogP contribution < -0.4 is 5.56 Å². The van der Waals surface area contributed by atoms with Gasteiger partial charge in [-0.25, -0.2) is 15.0 Å². The number of para-hydroxylation sites is 2. The van der Waals surface area contributed by atoms with Crippen LogP contribution in [0.25, 0.3) is 33.2 Å². The molecule has 0 radical (unpaired) electrons. The Kier molecular flexibility index (Phi) is 5.33. The summed E-state index contributed by atoms with van der Waals surface area (Å²) in [4.78, 5) is 29.1. The molecule has 0 bridgehead atoms. The minimum absolute atomic E-state index is 0.0122. The van der Waals surface area contributed by atoms with Gasteiger partial charge in [-0.05, 0) is 42.7 Å². The fourth-order valence-corrected chi connectivity index (χ4v) is 5.43. The summed E-state index contributed by atoms with van der Waals surface area (Å²) in [7, 11) is 0. The number of halogens is 1. The number of rotatable bonds is 4. The summed E-state index contributed by atoms with van der Waals surface area (Å²) in [6.07, 6.45) is 6.30. The zero-order valence-corrected chi connectivity index (χ0v) is 19.9. The molecule has 6 rings (SSSR count). The molecular weight excluding hydrogens is 446 g/mol. The molecule has 0 N–H and O–H groups in total. The Bertz CT molecular complexity index is 1580. The Morgan fingerprint density at radius 3 is 2.32 bits per heavy atom. The number of hydrogen-bond acceptors (Lipinski definition) is 4. The molecule has 34 heavy (non-hydrogen) atoms. The largest absolute Gasteiger partial charge is 0.304 e. The highest BCUT2D eigenvalue weighted by Gasteiger charge is 2.26. The van der Waals surface area contributed by atoms with Crippen molar-refractivity contribution in [3.05, 3.63) is 75.3 Å². The molecule has 7 heteroatoms. The fraction of sp³-hybridized carbons (Fsp3) is 0.333. The van der Waals surface area contributed by atoms with Crippen LogP contribution in [-0.2, 0) is 13.0 Å². The maximum Gasteiger partial charge on any atom is 0.265 e.